The van der Waals surface area contributed by atoms with Gasteiger partial charge in [-0.3, -0.25) is 4.68 Å². The number of rotatable bonds is 3. The lowest BCUT2D eigenvalue weighted by Gasteiger charge is -2.05. The van der Waals surface area contributed by atoms with Gasteiger partial charge in [-0.25, -0.2) is 0 Å². The fraction of sp³-hybridized carbons (Fsp3) is 0.625. The van der Waals surface area contributed by atoms with Crippen molar-refractivity contribution in [1.29, 1.82) is 0 Å². The Hall–Kier alpha value is -0.990. The lowest BCUT2D eigenvalue weighted by molar-refractivity contribution is 0.491. The van der Waals surface area contributed by atoms with Crippen LogP contribution in [0.15, 0.2) is 12.3 Å². The number of aromatic nitrogens is 2. The molecule has 1 aromatic rings. The Balaban J connectivity index is 2.44. The van der Waals surface area contributed by atoms with Crippen LogP contribution < -0.4 is 5.73 Å². The highest BCUT2D eigenvalue weighted by Gasteiger charge is 1.98. The molecule has 3 heteroatoms. The molecule has 2 N–H and O–H groups in total. The number of hydrogen-bond acceptors (Lipinski definition) is 2. The lowest BCUT2D eigenvalue weighted by Crippen LogP contribution is -2.06. The quantitative estimate of drug-likeness (QED) is 0.715. The van der Waals surface area contributed by atoms with Gasteiger partial charge in [0.15, 0.2) is 0 Å². The van der Waals surface area contributed by atoms with E-state index in [0.717, 1.165) is 18.8 Å². The Morgan fingerprint density at radius 3 is 2.82 bits per heavy atom. The second-order valence-corrected chi connectivity index (χ2v) is 3.16. The van der Waals surface area contributed by atoms with E-state index in [1.165, 1.54) is 0 Å². The first kappa shape index (κ1) is 8.11. The van der Waals surface area contributed by atoms with Gasteiger partial charge in [-0.1, -0.05) is 13.8 Å². The molecule has 0 fully saturated rings. The minimum atomic E-state index is 0.707. The summed E-state index contributed by atoms with van der Waals surface area (Å²) in [6.45, 7) is 5.32. The predicted molar refractivity (Wildman–Crippen MR) is 46.1 cm³/mol. The number of hydrogen-bond donors (Lipinski definition) is 1. The summed E-state index contributed by atoms with van der Waals surface area (Å²) < 4.78 is 1.83. The molecule has 0 aliphatic rings. The van der Waals surface area contributed by atoms with Crippen molar-refractivity contribution in [1.82, 2.24) is 9.78 Å². The predicted octanol–water partition coefficient (Wildman–Crippen LogP) is 1.51. The fourth-order valence-electron chi connectivity index (χ4n) is 0.910. The smallest absolute Gasteiger partial charge is 0.121 e. The topological polar surface area (TPSA) is 43.8 Å². The second kappa shape index (κ2) is 3.42. The van der Waals surface area contributed by atoms with Crippen LogP contribution in [0.25, 0.3) is 0 Å². The minimum Gasteiger partial charge on any atom is -0.384 e. The molecule has 0 aliphatic carbocycles. The van der Waals surface area contributed by atoms with Crippen LogP contribution in [0.5, 0.6) is 0 Å². The van der Waals surface area contributed by atoms with Crippen molar-refractivity contribution in [3.05, 3.63) is 12.3 Å². The van der Waals surface area contributed by atoms with Gasteiger partial charge < -0.3 is 5.73 Å². The summed E-state index contributed by atoms with van der Waals surface area (Å²) in [7, 11) is 0. The van der Waals surface area contributed by atoms with E-state index >= 15 is 0 Å². The van der Waals surface area contributed by atoms with Crippen LogP contribution in [0, 0.1) is 5.92 Å². The van der Waals surface area contributed by atoms with Crippen molar-refractivity contribution in [3.63, 3.8) is 0 Å². The maximum absolute atomic E-state index is 5.63. The second-order valence-electron chi connectivity index (χ2n) is 3.16. The third-order valence-electron chi connectivity index (χ3n) is 1.67. The van der Waals surface area contributed by atoms with Gasteiger partial charge in [0.1, 0.15) is 5.82 Å². The summed E-state index contributed by atoms with van der Waals surface area (Å²) in [5, 5.41) is 4.08. The molecule has 0 unspecified atom stereocenters. The molecule has 0 amide bonds. The number of nitrogen functional groups attached to an aromatic ring is 1. The molecule has 0 atom stereocenters. The largest absolute Gasteiger partial charge is 0.384 e. The molecular formula is C8H15N3. The van der Waals surface area contributed by atoms with Crippen LogP contribution in [0.1, 0.15) is 20.3 Å². The monoisotopic (exact) mass is 153 g/mol. The first-order chi connectivity index (χ1) is 5.20. The molecule has 3 nitrogen and oxygen atoms in total. The van der Waals surface area contributed by atoms with Gasteiger partial charge in [0.2, 0.25) is 0 Å². The van der Waals surface area contributed by atoms with Gasteiger partial charge in [0.25, 0.3) is 0 Å². The van der Waals surface area contributed by atoms with Crippen molar-refractivity contribution >= 4 is 5.82 Å². The normalized spacial score (nSPS) is 10.8. The third-order valence-corrected chi connectivity index (χ3v) is 1.67. The average molecular weight is 153 g/mol. The number of nitrogens with zero attached hydrogens (tertiary/aromatic N) is 2. The third kappa shape index (κ3) is 2.26. The van der Waals surface area contributed by atoms with Gasteiger partial charge >= 0.3 is 0 Å². The van der Waals surface area contributed by atoms with Crippen LogP contribution in [0.4, 0.5) is 5.82 Å². The fourth-order valence-corrected chi connectivity index (χ4v) is 0.910. The van der Waals surface area contributed by atoms with Crippen LogP contribution >= 0.6 is 0 Å². The molecule has 0 saturated carbocycles. The van der Waals surface area contributed by atoms with Crippen molar-refractivity contribution in [2.75, 3.05) is 5.73 Å². The SMILES string of the molecule is CC(C)CCn1nccc1N. The summed E-state index contributed by atoms with van der Waals surface area (Å²) in [5.74, 6) is 1.46. The van der Waals surface area contributed by atoms with Crippen LogP contribution in [0.2, 0.25) is 0 Å². The molecule has 1 aromatic heterocycles. The van der Waals surface area contributed by atoms with Crippen molar-refractivity contribution < 1.29 is 0 Å². The van der Waals surface area contributed by atoms with Crippen LogP contribution in [-0.4, -0.2) is 9.78 Å². The Kier molecular flexibility index (Phi) is 2.52. The van der Waals surface area contributed by atoms with Crippen LogP contribution in [0.3, 0.4) is 0 Å². The average Bonchev–Trinajstić information content (AvgIpc) is 2.31. The Bertz CT molecular complexity index is 215. The molecule has 0 radical (unpaired) electrons. The maximum Gasteiger partial charge on any atom is 0.121 e. The van der Waals surface area contributed by atoms with Gasteiger partial charge in [-0.15, -0.1) is 0 Å². The lowest BCUT2D eigenvalue weighted by atomic mass is 10.1. The molecule has 0 spiro atoms. The highest BCUT2D eigenvalue weighted by Crippen LogP contribution is 2.05. The van der Waals surface area contributed by atoms with Crippen molar-refractivity contribution in [2.24, 2.45) is 5.92 Å². The molecule has 0 bridgehead atoms. The Morgan fingerprint density at radius 2 is 2.36 bits per heavy atom. The van der Waals surface area contributed by atoms with Gasteiger partial charge in [-0.2, -0.15) is 5.10 Å². The van der Waals surface area contributed by atoms with E-state index in [1.807, 2.05) is 10.7 Å². The van der Waals surface area contributed by atoms with E-state index in [9.17, 15) is 0 Å². The summed E-state index contributed by atoms with van der Waals surface area (Å²) in [6, 6.07) is 1.82. The standard InChI is InChI=1S/C8H15N3/c1-7(2)4-6-11-8(9)3-5-10-11/h3,5,7H,4,6,9H2,1-2H3. The molecule has 0 saturated heterocycles. The van der Waals surface area contributed by atoms with E-state index in [4.69, 9.17) is 5.73 Å². The number of anilines is 1. The van der Waals surface area contributed by atoms with E-state index in [1.54, 1.807) is 6.20 Å². The van der Waals surface area contributed by atoms with Gasteiger partial charge in [-0.05, 0) is 18.4 Å². The molecule has 11 heavy (non-hydrogen) atoms. The highest BCUT2D eigenvalue weighted by atomic mass is 15.3. The van der Waals surface area contributed by atoms with Crippen molar-refractivity contribution in [2.45, 2.75) is 26.8 Å². The van der Waals surface area contributed by atoms with Gasteiger partial charge in [0, 0.05) is 6.54 Å². The molecule has 62 valence electrons. The zero-order valence-corrected chi connectivity index (χ0v) is 7.12. The summed E-state index contributed by atoms with van der Waals surface area (Å²) in [5.41, 5.74) is 5.63. The zero-order chi connectivity index (χ0) is 8.27. The molecular weight excluding hydrogens is 138 g/mol. The summed E-state index contributed by atoms with van der Waals surface area (Å²) in [4.78, 5) is 0. The van der Waals surface area contributed by atoms with E-state index in [0.29, 0.717) is 5.92 Å². The number of aryl methyl sites for hydroxylation is 1. The van der Waals surface area contributed by atoms with E-state index in [-0.39, 0.29) is 0 Å². The van der Waals surface area contributed by atoms with Gasteiger partial charge in [0.05, 0.1) is 6.20 Å². The summed E-state index contributed by atoms with van der Waals surface area (Å²) in [6.07, 6.45) is 2.86. The van der Waals surface area contributed by atoms with Crippen molar-refractivity contribution in [3.8, 4) is 0 Å². The molecule has 1 heterocycles. The highest BCUT2D eigenvalue weighted by molar-refractivity contribution is 5.25. The first-order valence-electron chi connectivity index (χ1n) is 3.97. The van der Waals surface area contributed by atoms with E-state index < -0.39 is 0 Å². The zero-order valence-electron chi connectivity index (χ0n) is 7.12. The minimum absolute atomic E-state index is 0.707. The number of nitrogens with two attached hydrogens (primary N) is 1. The van der Waals surface area contributed by atoms with E-state index in [2.05, 4.69) is 18.9 Å². The Morgan fingerprint density at radius 1 is 1.64 bits per heavy atom. The van der Waals surface area contributed by atoms with Crippen LogP contribution in [-0.2, 0) is 6.54 Å². The molecule has 1 rings (SSSR count). The molecule has 0 aromatic carbocycles. The Labute approximate surface area is 67.2 Å². The maximum atomic E-state index is 5.63. The summed E-state index contributed by atoms with van der Waals surface area (Å²) >= 11 is 0. The molecule has 0 aliphatic heterocycles. The first-order valence-corrected chi connectivity index (χ1v) is 3.97.